The first-order chi connectivity index (χ1) is 5.95. The Balaban J connectivity index is 2.83. The monoisotopic (exact) mass is 203 g/mol. The average Bonchev–Trinajstić information content (AvgIpc) is 2.48. The van der Waals surface area contributed by atoms with Crippen LogP contribution in [-0.4, -0.2) is 27.9 Å². The van der Waals surface area contributed by atoms with Crippen LogP contribution in [0.15, 0.2) is 5.38 Å². The molecule has 1 rings (SSSR count). The molecule has 13 heavy (non-hydrogen) atoms. The van der Waals surface area contributed by atoms with Gasteiger partial charge in [0.05, 0.1) is 18.4 Å². The van der Waals surface area contributed by atoms with Crippen molar-refractivity contribution in [3.63, 3.8) is 0 Å². The third kappa shape index (κ3) is 2.40. The summed E-state index contributed by atoms with van der Waals surface area (Å²) in [4.78, 5) is 3.98. The van der Waals surface area contributed by atoms with Crippen LogP contribution >= 0.6 is 11.3 Å². The lowest BCUT2D eigenvalue weighted by atomic mass is 10.0. The van der Waals surface area contributed by atoms with E-state index in [2.05, 4.69) is 4.98 Å². The van der Waals surface area contributed by atoms with Gasteiger partial charge in [0.15, 0.2) is 0 Å². The van der Waals surface area contributed by atoms with Gasteiger partial charge in [0.2, 0.25) is 0 Å². The Labute approximate surface area is 80.8 Å². The van der Waals surface area contributed by atoms with Gasteiger partial charge in [0.25, 0.3) is 5.19 Å². The SMILES string of the molecule is COc1nc(C(O)C(C)(C)O)cs1. The Kier molecular flexibility index (Phi) is 2.90. The lowest BCUT2D eigenvalue weighted by Crippen LogP contribution is -2.28. The summed E-state index contributed by atoms with van der Waals surface area (Å²) in [6.07, 6.45) is -0.979. The fourth-order valence-electron chi connectivity index (χ4n) is 0.850. The largest absolute Gasteiger partial charge is 0.473 e. The number of aliphatic hydroxyl groups is 2. The summed E-state index contributed by atoms with van der Waals surface area (Å²) in [6, 6.07) is 0. The molecule has 0 aliphatic carbocycles. The number of ether oxygens (including phenoxy) is 1. The lowest BCUT2D eigenvalue weighted by molar-refractivity contribution is -0.0515. The molecule has 0 saturated heterocycles. The summed E-state index contributed by atoms with van der Waals surface area (Å²) in [5.41, 5.74) is -0.742. The van der Waals surface area contributed by atoms with E-state index in [1.54, 1.807) is 5.38 Å². The van der Waals surface area contributed by atoms with Crippen molar-refractivity contribution in [2.24, 2.45) is 0 Å². The van der Waals surface area contributed by atoms with Gasteiger partial charge in [-0.15, -0.1) is 0 Å². The van der Waals surface area contributed by atoms with E-state index < -0.39 is 11.7 Å². The molecule has 0 bridgehead atoms. The molecular formula is C8H13NO3S. The van der Waals surface area contributed by atoms with Crippen LogP contribution in [0.1, 0.15) is 25.6 Å². The molecule has 0 saturated carbocycles. The number of methoxy groups -OCH3 is 1. The van der Waals surface area contributed by atoms with E-state index in [9.17, 15) is 10.2 Å². The molecule has 1 atom stereocenters. The van der Waals surface area contributed by atoms with Crippen LogP contribution in [0.2, 0.25) is 0 Å². The molecule has 2 N–H and O–H groups in total. The van der Waals surface area contributed by atoms with Gasteiger partial charge in [0.1, 0.15) is 6.10 Å². The molecule has 0 aliphatic heterocycles. The topological polar surface area (TPSA) is 62.6 Å². The van der Waals surface area contributed by atoms with Gasteiger partial charge in [0, 0.05) is 5.38 Å². The second-order valence-electron chi connectivity index (χ2n) is 3.30. The normalized spacial score (nSPS) is 14.2. The molecule has 1 unspecified atom stereocenters. The summed E-state index contributed by atoms with van der Waals surface area (Å²) in [6.45, 7) is 3.06. The molecule has 1 aromatic rings. The Hall–Kier alpha value is -0.650. The van der Waals surface area contributed by atoms with Gasteiger partial charge < -0.3 is 14.9 Å². The molecule has 0 aromatic carbocycles. The molecule has 0 spiro atoms. The van der Waals surface area contributed by atoms with E-state index in [0.717, 1.165) is 0 Å². The zero-order valence-corrected chi connectivity index (χ0v) is 8.63. The van der Waals surface area contributed by atoms with Crippen molar-refractivity contribution in [1.82, 2.24) is 4.98 Å². The molecular weight excluding hydrogens is 190 g/mol. The van der Waals surface area contributed by atoms with Crippen molar-refractivity contribution in [3.05, 3.63) is 11.1 Å². The van der Waals surface area contributed by atoms with Crippen LogP contribution < -0.4 is 4.74 Å². The minimum atomic E-state index is -1.18. The van der Waals surface area contributed by atoms with Crippen molar-refractivity contribution >= 4 is 11.3 Å². The molecule has 0 amide bonds. The zero-order chi connectivity index (χ0) is 10.1. The maximum absolute atomic E-state index is 9.60. The molecule has 5 heteroatoms. The van der Waals surface area contributed by atoms with E-state index in [1.807, 2.05) is 0 Å². The average molecular weight is 203 g/mol. The maximum atomic E-state index is 9.60. The van der Waals surface area contributed by atoms with Crippen molar-refractivity contribution < 1.29 is 14.9 Å². The van der Waals surface area contributed by atoms with Gasteiger partial charge in [-0.25, -0.2) is 4.98 Å². The molecule has 1 heterocycles. The number of aromatic nitrogens is 1. The third-order valence-electron chi connectivity index (χ3n) is 1.62. The van der Waals surface area contributed by atoms with E-state index in [-0.39, 0.29) is 0 Å². The van der Waals surface area contributed by atoms with Crippen LogP contribution in [0.4, 0.5) is 0 Å². The number of thiazole rings is 1. The zero-order valence-electron chi connectivity index (χ0n) is 7.81. The fraction of sp³-hybridized carbons (Fsp3) is 0.625. The Bertz CT molecular complexity index is 279. The molecule has 0 fully saturated rings. The number of nitrogens with zero attached hydrogens (tertiary/aromatic N) is 1. The molecule has 0 aliphatic rings. The first kappa shape index (κ1) is 10.4. The first-order valence-corrected chi connectivity index (χ1v) is 4.73. The number of hydrogen-bond acceptors (Lipinski definition) is 5. The number of rotatable bonds is 3. The van der Waals surface area contributed by atoms with E-state index >= 15 is 0 Å². The van der Waals surface area contributed by atoms with E-state index in [4.69, 9.17) is 4.74 Å². The highest BCUT2D eigenvalue weighted by Crippen LogP contribution is 2.28. The van der Waals surface area contributed by atoms with Crippen LogP contribution in [0.25, 0.3) is 0 Å². The predicted molar refractivity (Wildman–Crippen MR) is 49.9 cm³/mol. The van der Waals surface area contributed by atoms with Crippen LogP contribution in [-0.2, 0) is 0 Å². The highest BCUT2D eigenvalue weighted by molar-refractivity contribution is 7.11. The highest BCUT2D eigenvalue weighted by Gasteiger charge is 2.28. The van der Waals surface area contributed by atoms with Crippen LogP contribution in [0.5, 0.6) is 5.19 Å². The Morgan fingerprint density at radius 1 is 1.62 bits per heavy atom. The second-order valence-corrected chi connectivity index (χ2v) is 4.12. The summed E-state index contributed by atoms with van der Waals surface area (Å²) in [7, 11) is 1.51. The Morgan fingerprint density at radius 2 is 2.23 bits per heavy atom. The van der Waals surface area contributed by atoms with Gasteiger partial charge in [-0.05, 0) is 13.8 Å². The third-order valence-corrected chi connectivity index (χ3v) is 2.44. The van der Waals surface area contributed by atoms with Gasteiger partial charge in [-0.3, -0.25) is 0 Å². The molecule has 0 radical (unpaired) electrons. The quantitative estimate of drug-likeness (QED) is 0.768. The van der Waals surface area contributed by atoms with Crippen molar-refractivity contribution in [2.45, 2.75) is 25.6 Å². The second kappa shape index (κ2) is 3.61. The van der Waals surface area contributed by atoms with Crippen LogP contribution in [0.3, 0.4) is 0 Å². The minimum Gasteiger partial charge on any atom is -0.473 e. The summed E-state index contributed by atoms with van der Waals surface area (Å²) in [5, 5.41) is 21.3. The van der Waals surface area contributed by atoms with Crippen molar-refractivity contribution in [1.29, 1.82) is 0 Å². The minimum absolute atomic E-state index is 0.439. The van der Waals surface area contributed by atoms with Crippen LogP contribution in [0, 0.1) is 0 Å². The predicted octanol–water partition coefficient (Wildman–Crippen LogP) is 0.956. The summed E-state index contributed by atoms with van der Waals surface area (Å²) in [5.74, 6) is 0. The van der Waals surface area contributed by atoms with Crippen molar-refractivity contribution in [3.8, 4) is 5.19 Å². The maximum Gasteiger partial charge on any atom is 0.273 e. The fourth-order valence-corrected chi connectivity index (χ4v) is 1.51. The summed E-state index contributed by atoms with van der Waals surface area (Å²) >= 11 is 1.29. The standard InChI is InChI=1S/C8H13NO3S/c1-8(2,11)6(10)5-4-13-7(9-5)12-3/h4,6,10-11H,1-3H3. The van der Waals surface area contributed by atoms with Crippen molar-refractivity contribution in [2.75, 3.05) is 7.11 Å². The molecule has 4 nitrogen and oxygen atoms in total. The smallest absolute Gasteiger partial charge is 0.273 e. The van der Waals surface area contributed by atoms with Gasteiger partial charge >= 0.3 is 0 Å². The molecule has 74 valence electrons. The Morgan fingerprint density at radius 3 is 2.62 bits per heavy atom. The van der Waals surface area contributed by atoms with E-state index in [0.29, 0.717) is 10.9 Å². The highest BCUT2D eigenvalue weighted by atomic mass is 32.1. The molecule has 1 aromatic heterocycles. The van der Waals surface area contributed by atoms with Gasteiger partial charge in [-0.1, -0.05) is 11.3 Å². The van der Waals surface area contributed by atoms with E-state index in [1.165, 1.54) is 32.3 Å². The van der Waals surface area contributed by atoms with Gasteiger partial charge in [-0.2, -0.15) is 0 Å². The lowest BCUT2D eigenvalue weighted by Gasteiger charge is -2.22. The summed E-state index contributed by atoms with van der Waals surface area (Å²) < 4.78 is 4.87. The number of hydrogen-bond donors (Lipinski definition) is 2. The number of aliphatic hydroxyl groups excluding tert-OH is 1. The first-order valence-electron chi connectivity index (χ1n) is 3.85.